The van der Waals surface area contributed by atoms with Crippen LogP contribution in [0.3, 0.4) is 0 Å². The molecule has 16 heavy (non-hydrogen) atoms. The van der Waals surface area contributed by atoms with Crippen LogP contribution in [0.5, 0.6) is 0 Å². The standard InChI is InChI=1S/C10H7F3N2S/c1-9(10(11,12)13)4-8(15-6-16)3-2-7(9)5-14/h2-4,7H,1H3. The molecule has 0 aliphatic heterocycles. The van der Waals surface area contributed by atoms with Crippen LogP contribution >= 0.6 is 12.2 Å². The van der Waals surface area contributed by atoms with Crippen LogP contribution in [0.25, 0.3) is 0 Å². The van der Waals surface area contributed by atoms with Crippen LogP contribution in [0.1, 0.15) is 6.92 Å². The third kappa shape index (κ3) is 2.06. The molecule has 0 aromatic rings. The van der Waals surface area contributed by atoms with Crippen LogP contribution < -0.4 is 0 Å². The lowest BCUT2D eigenvalue weighted by Crippen LogP contribution is -2.40. The molecule has 0 spiro atoms. The minimum Gasteiger partial charge on any atom is -0.198 e. The van der Waals surface area contributed by atoms with E-state index < -0.39 is 17.5 Å². The minimum absolute atomic E-state index is 0.0707. The van der Waals surface area contributed by atoms with E-state index in [9.17, 15) is 13.2 Å². The van der Waals surface area contributed by atoms with Crippen molar-refractivity contribution in [3.63, 3.8) is 0 Å². The number of aliphatic imine (C=N–C) groups is 1. The normalized spacial score (nSPS) is 28.9. The zero-order valence-electron chi connectivity index (χ0n) is 8.25. The molecule has 1 rings (SSSR count). The van der Waals surface area contributed by atoms with Crippen LogP contribution in [-0.4, -0.2) is 11.3 Å². The van der Waals surface area contributed by atoms with Gasteiger partial charge in [-0.2, -0.15) is 23.4 Å². The highest BCUT2D eigenvalue weighted by atomic mass is 32.1. The van der Waals surface area contributed by atoms with Gasteiger partial charge in [0.25, 0.3) is 0 Å². The second-order valence-electron chi connectivity index (χ2n) is 3.52. The van der Waals surface area contributed by atoms with E-state index >= 15 is 0 Å². The summed E-state index contributed by atoms with van der Waals surface area (Å²) in [6.07, 6.45) is -1.10. The summed E-state index contributed by atoms with van der Waals surface area (Å²) in [4.78, 5) is 3.49. The van der Waals surface area contributed by atoms with E-state index in [4.69, 9.17) is 5.26 Å². The van der Waals surface area contributed by atoms with Crippen LogP contribution in [0.2, 0.25) is 0 Å². The summed E-state index contributed by atoms with van der Waals surface area (Å²) in [5.41, 5.74) is -2.16. The van der Waals surface area contributed by atoms with Crippen molar-refractivity contribution in [3.8, 4) is 6.07 Å². The Morgan fingerprint density at radius 3 is 2.62 bits per heavy atom. The quantitative estimate of drug-likeness (QED) is 0.524. The highest BCUT2D eigenvalue weighted by Crippen LogP contribution is 2.48. The lowest BCUT2D eigenvalue weighted by molar-refractivity contribution is -0.207. The fourth-order valence-corrected chi connectivity index (χ4v) is 1.50. The van der Waals surface area contributed by atoms with Gasteiger partial charge in [-0.05, 0) is 31.3 Å². The Balaban J connectivity index is 3.28. The van der Waals surface area contributed by atoms with Crippen LogP contribution in [0, 0.1) is 22.7 Å². The summed E-state index contributed by atoms with van der Waals surface area (Å²) >= 11 is 4.32. The monoisotopic (exact) mass is 244 g/mol. The van der Waals surface area contributed by atoms with Gasteiger partial charge in [-0.1, -0.05) is 6.08 Å². The molecule has 2 atom stereocenters. The molecule has 0 amide bonds. The van der Waals surface area contributed by atoms with Crippen LogP contribution in [0.15, 0.2) is 28.9 Å². The predicted octanol–water partition coefficient (Wildman–Crippen LogP) is 3.25. The molecule has 0 fully saturated rings. The van der Waals surface area contributed by atoms with Gasteiger partial charge in [-0.25, -0.2) is 0 Å². The van der Waals surface area contributed by atoms with Gasteiger partial charge in [0.15, 0.2) is 0 Å². The number of allylic oxidation sites excluding steroid dienone is 3. The maximum Gasteiger partial charge on any atom is 0.399 e. The Kier molecular flexibility index (Phi) is 3.32. The first kappa shape index (κ1) is 12.6. The molecule has 1 aliphatic rings. The van der Waals surface area contributed by atoms with Gasteiger partial charge in [0, 0.05) is 0 Å². The minimum atomic E-state index is -4.51. The molecule has 2 nitrogen and oxygen atoms in total. The molecular formula is C10H7F3N2S. The molecule has 0 radical (unpaired) electrons. The molecule has 2 unspecified atom stereocenters. The maximum atomic E-state index is 12.9. The van der Waals surface area contributed by atoms with Crippen LogP contribution in [0.4, 0.5) is 13.2 Å². The number of hydrogen-bond donors (Lipinski definition) is 0. The van der Waals surface area contributed by atoms with Crippen molar-refractivity contribution in [1.82, 2.24) is 0 Å². The SMILES string of the molecule is CC1(C(F)(F)F)C=C(N=C=S)C=CC1C#N. The largest absolute Gasteiger partial charge is 0.399 e. The molecular weight excluding hydrogens is 237 g/mol. The molecule has 0 aromatic carbocycles. The van der Waals surface area contributed by atoms with Crippen molar-refractivity contribution < 1.29 is 13.2 Å². The molecule has 0 heterocycles. The number of alkyl halides is 3. The van der Waals surface area contributed by atoms with Crippen LogP contribution in [-0.2, 0) is 0 Å². The second-order valence-corrected chi connectivity index (χ2v) is 3.70. The van der Waals surface area contributed by atoms with E-state index in [0.29, 0.717) is 0 Å². The third-order valence-electron chi connectivity index (χ3n) is 2.48. The topological polar surface area (TPSA) is 36.1 Å². The molecule has 0 N–H and O–H groups in total. The van der Waals surface area contributed by atoms with Gasteiger partial charge in [0.2, 0.25) is 0 Å². The van der Waals surface area contributed by atoms with Gasteiger partial charge >= 0.3 is 6.18 Å². The molecule has 0 saturated heterocycles. The van der Waals surface area contributed by atoms with Crippen molar-refractivity contribution in [1.29, 1.82) is 5.26 Å². The van der Waals surface area contributed by atoms with E-state index in [2.05, 4.69) is 17.2 Å². The molecule has 0 aromatic heterocycles. The smallest absolute Gasteiger partial charge is 0.198 e. The Labute approximate surface area is 95.8 Å². The van der Waals surface area contributed by atoms with E-state index in [1.165, 1.54) is 12.2 Å². The van der Waals surface area contributed by atoms with E-state index in [1.54, 1.807) is 6.07 Å². The maximum absolute atomic E-state index is 12.9. The summed E-state index contributed by atoms with van der Waals surface area (Å²) in [7, 11) is 0. The number of isothiocyanates is 1. The first-order valence-corrected chi connectivity index (χ1v) is 4.71. The average Bonchev–Trinajstić information content (AvgIpc) is 2.17. The lowest BCUT2D eigenvalue weighted by Gasteiger charge is -2.33. The zero-order chi connectivity index (χ0) is 12.4. The molecule has 0 bridgehead atoms. The highest BCUT2D eigenvalue weighted by Gasteiger charge is 2.55. The van der Waals surface area contributed by atoms with E-state index in [-0.39, 0.29) is 5.70 Å². The van der Waals surface area contributed by atoms with E-state index in [0.717, 1.165) is 13.0 Å². The molecule has 6 heteroatoms. The number of nitriles is 1. The summed E-state index contributed by atoms with van der Waals surface area (Å²) in [6, 6.07) is 1.62. The Morgan fingerprint density at radius 2 is 2.19 bits per heavy atom. The lowest BCUT2D eigenvalue weighted by atomic mass is 9.74. The Hall–Kier alpha value is -1.44. The Morgan fingerprint density at radius 1 is 1.56 bits per heavy atom. The first-order chi connectivity index (χ1) is 7.35. The van der Waals surface area contributed by atoms with Gasteiger partial charge < -0.3 is 0 Å². The third-order valence-corrected chi connectivity index (χ3v) is 2.57. The number of thiocarbonyl (C=S) groups is 1. The molecule has 1 aliphatic carbocycles. The molecule has 84 valence electrons. The number of nitrogens with zero attached hydrogens (tertiary/aromatic N) is 2. The fraction of sp³-hybridized carbons (Fsp3) is 0.400. The number of rotatable bonds is 1. The van der Waals surface area contributed by atoms with Crippen molar-refractivity contribution >= 4 is 17.4 Å². The van der Waals surface area contributed by atoms with E-state index in [1.807, 2.05) is 5.16 Å². The summed E-state index contributed by atoms with van der Waals surface area (Å²) in [5.74, 6) is -1.25. The Bertz CT molecular complexity index is 438. The van der Waals surface area contributed by atoms with Crippen molar-refractivity contribution in [2.24, 2.45) is 16.3 Å². The number of halogens is 3. The first-order valence-electron chi connectivity index (χ1n) is 4.30. The van der Waals surface area contributed by atoms with Crippen molar-refractivity contribution in [3.05, 3.63) is 23.9 Å². The second kappa shape index (κ2) is 4.20. The van der Waals surface area contributed by atoms with Gasteiger partial charge in [-0.3, -0.25) is 0 Å². The summed E-state index contributed by atoms with van der Waals surface area (Å²) in [6.45, 7) is 0.962. The van der Waals surface area contributed by atoms with Gasteiger partial charge in [0.1, 0.15) is 5.41 Å². The average molecular weight is 244 g/mol. The highest BCUT2D eigenvalue weighted by molar-refractivity contribution is 7.78. The number of hydrogen-bond acceptors (Lipinski definition) is 3. The predicted molar refractivity (Wildman–Crippen MR) is 55.5 cm³/mol. The fourth-order valence-electron chi connectivity index (χ4n) is 1.40. The summed E-state index contributed by atoms with van der Waals surface area (Å²) < 4.78 is 38.6. The summed E-state index contributed by atoms with van der Waals surface area (Å²) in [5, 5.41) is 10.7. The zero-order valence-corrected chi connectivity index (χ0v) is 9.06. The van der Waals surface area contributed by atoms with Gasteiger partial charge in [0.05, 0.1) is 22.8 Å². The molecule has 0 saturated carbocycles. The van der Waals surface area contributed by atoms with Crippen molar-refractivity contribution in [2.45, 2.75) is 13.1 Å². The van der Waals surface area contributed by atoms with Gasteiger partial charge in [-0.15, -0.1) is 0 Å². The van der Waals surface area contributed by atoms with Crippen molar-refractivity contribution in [2.75, 3.05) is 0 Å².